The summed E-state index contributed by atoms with van der Waals surface area (Å²) >= 11 is 0. The van der Waals surface area contributed by atoms with Crippen LogP contribution in [0, 0.1) is 0 Å². The van der Waals surface area contributed by atoms with Crippen molar-refractivity contribution < 1.29 is 33.9 Å². The van der Waals surface area contributed by atoms with E-state index in [4.69, 9.17) is 15.8 Å². The maximum atomic E-state index is 13.7. The molecule has 21 nitrogen and oxygen atoms in total. The first-order valence-corrected chi connectivity index (χ1v) is 40.4. The number of nitrogens with zero attached hydrogens (tertiary/aromatic N) is 10. The highest BCUT2D eigenvalue weighted by Gasteiger charge is 2.28. The van der Waals surface area contributed by atoms with E-state index in [0.29, 0.717) is 67.9 Å². The molecule has 6 N–H and O–H groups in total. The van der Waals surface area contributed by atoms with Crippen LogP contribution < -0.4 is 21.9 Å². The summed E-state index contributed by atoms with van der Waals surface area (Å²) in [5.74, 6) is 8.31. The second kappa shape index (κ2) is 41.6. The van der Waals surface area contributed by atoms with Gasteiger partial charge in [0.25, 0.3) is 17.7 Å². The van der Waals surface area contributed by atoms with Crippen molar-refractivity contribution in [1.29, 1.82) is 0 Å². The molecule has 0 spiro atoms. The van der Waals surface area contributed by atoms with Gasteiger partial charge in [-0.3, -0.25) is 38.8 Å². The average Bonchev–Trinajstić information content (AvgIpc) is 1.79. The van der Waals surface area contributed by atoms with Crippen LogP contribution >= 0.6 is 0 Å². The van der Waals surface area contributed by atoms with E-state index in [-0.39, 0.29) is 42.0 Å². The van der Waals surface area contributed by atoms with Crippen LogP contribution in [0.1, 0.15) is 185 Å². The van der Waals surface area contributed by atoms with E-state index in [2.05, 4.69) is 77.9 Å². The quantitative estimate of drug-likeness (QED) is 0.0251. The Bertz CT molecular complexity index is 4380. The van der Waals surface area contributed by atoms with Crippen molar-refractivity contribution in [3.8, 4) is 33.4 Å². The molecule has 12 rings (SSSR count). The molecule has 0 bridgehead atoms. The molecule has 3 saturated heterocycles. The second-order valence-electron chi connectivity index (χ2n) is 29.7. The minimum Gasteiger partial charge on any atom is -0.396 e. The lowest BCUT2D eigenvalue weighted by atomic mass is 9.99. The van der Waals surface area contributed by atoms with Gasteiger partial charge in [0, 0.05) is 168 Å². The molecule has 0 radical (unpaired) electrons. The van der Waals surface area contributed by atoms with Gasteiger partial charge >= 0.3 is 0 Å². The monoisotopic (exact) mass is 1500 g/mol. The number of amidine groups is 3. The molecule has 6 amide bonds. The number of hydrazine groups is 1. The third kappa shape index (κ3) is 22.5. The third-order valence-corrected chi connectivity index (χ3v) is 20.9. The van der Waals surface area contributed by atoms with Gasteiger partial charge in [0.05, 0.1) is 12.2 Å². The number of likely N-dealkylation sites (N-methyl/N-ethyl adjacent to an activating group) is 1. The van der Waals surface area contributed by atoms with Crippen molar-refractivity contribution in [2.75, 3.05) is 130 Å². The predicted molar refractivity (Wildman–Crippen MR) is 452 cm³/mol. The molecule has 0 saturated carbocycles. The highest BCUT2D eigenvalue weighted by atomic mass is 16.3. The summed E-state index contributed by atoms with van der Waals surface area (Å²) in [5, 5.41) is 16.2. The fourth-order valence-corrected chi connectivity index (χ4v) is 14.8. The predicted octanol–water partition coefficient (Wildman–Crippen LogP) is 14.7. The maximum absolute atomic E-state index is 13.7. The lowest BCUT2D eigenvalue weighted by Crippen LogP contribution is -2.36. The fourth-order valence-electron chi connectivity index (χ4n) is 14.8. The third-order valence-electron chi connectivity index (χ3n) is 20.9. The Morgan fingerprint density at radius 1 is 0.450 bits per heavy atom. The van der Waals surface area contributed by atoms with Gasteiger partial charge in [-0.05, 0) is 208 Å². The molecule has 0 unspecified atom stereocenters. The minimum absolute atomic E-state index is 0.0107. The zero-order valence-corrected chi connectivity index (χ0v) is 66.7. The molecule has 0 aromatic heterocycles. The maximum Gasteiger partial charge on any atom is 0.253 e. The molecular formula is C90H116N14O7. The number of nitrogens with two attached hydrogens (primary N) is 1. The van der Waals surface area contributed by atoms with Crippen LogP contribution in [0.3, 0.4) is 0 Å². The van der Waals surface area contributed by atoms with Gasteiger partial charge in [-0.25, -0.2) is 10.8 Å². The summed E-state index contributed by atoms with van der Waals surface area (Å²) in [4.78, 5) is 106. The van der Waals surface area contributed by atoms with Crippen LogP contribution in [-0.2, 0) is 14.4 Å². The van der Waals surface area contributed by atoms with E-state index >= 15 is 0 Å². The van der Waals surface area contributed by atoms with E-state index in [1.54, 1.807) is 7.05 Å². The van der Waals surface area contributed by atoms with Gasteiger partial charge in [-0.15, -0.1) is 0 Å². The minimum atomic E-state index is -0.0107. The highest BCUT2D eigenvalue weighted by molar-refractivity contribution is 6.12. The molecule has 21 heteroatoms. The first-order valence-electron chi connectivity index (χ1n) is 40.4. The number of nitrogens with one attached hydrogen (secondary N) is 3. The van der Waals surface area contributed by atoms with E-state index in [1.165, 1.54) is 0 Å². The van der Waals surface area contributed by atoms with Crippen LogP contribution in [0.2, 0.25) is 0 Å². The van der Waals surface area contributed by atoms with Crippen molar-refractivity contribution in [2.24, 2.45) is 20.8 Å². The number of carbonyl (C=O) groups is 6. The van der Waals surface area contributed by atoms with E-state index in [1.807, 2.05) is 172 Å². The first kappa shape index (κ1) is 83.1. The lowest BCUT2D eigenvalue weighted by Gasteiger charge is -2.23. The fraction of sp³-hybridized carbons (Fsp3) is 0.433. The summed E-state index contributed by atoms with van der Waals surface area (Å²) in [5.41, 5.74) is 18.5. The topological polar surface area (TPSA) is 245 Å². The van der Waals surface area contributed by atoms with Gasteiger partial charge in [-0.2, -0.15) is 0 Å². The number of unbranched alkanes of at least 4 members (excludes halogenated alkanes) is 1. The van der Waals surface area contributed by atoms with Crippen LogP contribution in [0.15, 0.2) is 159 Å². The Morgan fingerprint density at radius 3 is 1.20 bits per heavy atom. The summed E-state index contributed by atoms with van der Waals surface area (Å²) in [6, 6.07) is 41.9. The number of hydrogen-bond acceptors (Lipinski definition) is 13. The Balaban J connectivity index is 0.000000177. The smallest absolute Gasteiger partial charge is 0.253 e. The second-order valence-corrected chi connectivity index (χ2v) is 29.7. The van der Waals surface area contributed by atoms with Crippen LogP contribution in [0.4, 0.5) is 17.1 Å². The van der Waals surface area contributed by atoms with Crippen molar-refractivity contribution in [3.63, 3.8) is 0 Å². The van der Waals surface area contributed by atoms with E-state index < -0.39 is 0 Å². The van der Waals surface area contributed by atoms with Crippen molar-refractivity contribution in [2.45, 2.75) is 137 Å². The molecule has 3 fully saturated rings. The van der Waals surface area contributed by atoms with Gasteiger partial charge in [0.2, 0.25) is 17.7 Å². The largest absolute Gasteiger partial charge is 0.396 e. The molecule has 588 valence electrons. The zero-order chi connectivity index (χ0) is 78.8. The van der Waals surface area contributed by atoms with Gasteiger partial charge < -0.3 is 55.5 Å². The number of benzene rings is 6. The van der Waals surface area contributed by atoms with Gasteiger partial charge in [-0.1, -0.05) is 114 Å². The molecule has 6 aromatic carbocycles. The lowest BCUT2D eigenvalue weighted by molar-refractivity contribution is -0.128. The van der Waals surface area contributed by atoms with Crippen molar-refractivity contribution in [3.05, 3.63) is 177 Å². The number of aliphatic hydroxyl groups excluding tert-OH is 1. The van der Waals surface area contributed by atoms with Crippen molar-refractivity contribution in [1.82, 2.24) is 39.7 Å². The summed E-state index contributed by atoms with van der Waals surface area (Å²) in [6.45, 7) is 21.3. The molecule has 0 aliphatic carbocycles. The summed E-state index contributed by atoms with van der Waals surface area (Å²) in [6.07, 6.45) is 19.9. The number of rotatable bonds is 26. The number of aliphatic hydroxyl groups is 1. The molecule has 6 heterocycles. The molecule has 6 aliphatic heterocycles. The number of anilines is 2. The SMILES string of the molecule is CCCCN(CCC)C(=O)C1=Cc2ccc(-c3ccc(C(=O)N4CCCC4)cc3)cc2NC(=NCCN(C)C)C1.CCCN(CCC)C(=O)C1=Cc2ccc(-c3ccc(C(=O)N4CCCC4)cc3)cc2N=C(NN)C1.CCCN(CCCO)C(=O)C1=Cc2ccc(-c3ccc(C(=O)N4CCCC4)cc3)cc2NC(=NC)C1. The molecule has 6 aliphatic rings. The molecular weight excluding hydrogens is 1390 g/mol. The Hall–Kier alpha value is -10.4. The first-order chi connectivity index (χ1) is 54.0. The van der Waals surface area contributed by atoms with E-state index in [9.17, 15) is 33.9 Å². The number of amides is 6. The Kier molecular flexibility index (Phi) is 31.2. The summed E-state index contributed by atoms with van der Waals surface area (Å²) in [7, 11) is 5.81. The molecule has 0 atom stereocenters. The van der Waals surface area contributed by atoms with Crippen molar-refractivity contribution >= 4 is 88.2 Å². The van der Waals surface area contributed by atoms with Gasteiger partial charge in [0.15, 0.2) is 0 Å². The van der Waals surface area contributed by atoms with Gasteiger partial charge in [0.1, 0.15) is 17.5 Å². The van der Waals surface area contributed by atoms with E-state index in [0.717, 1.165) is 245 Å². The average molecular weight is 1510 g/mol. The molecule has 111 heavy (non-hydrogen) atoms. The number of likely N-dealkylation sites (tertiary alicyclic amines) is 3. The number of carbonyl (C=O) groups excluding carboxylic acids is 6. The standard InChI is InChI=1S/C33H45N5O2.C29H36N4O3.C28H35N5O2/c1-5-7-18-37(17-6-2)33(40)29-22-28-15-14-27(23-30(28)35-31(24-29)34-16-21-36(3)4)25-10-12-26(13-11-25)32(39)38-19-8-9-20-38;1-3-13-32(16-6-17-34)29(36)25-18-24-12-11-23(19-26(24)31-27(20-25)30-2)21-7-9-22(10-8-21)28(35)33-14-4-5-15-33;1-3-13-32(14-4-2)28(35)24-17-23-12-11-22(18-25(23)30-26(19-24)31-29)20-7-9-21(10-8-20)27(34)33-15-5-6-16-33/h10-15,22-23H,5-9,16-21,24H2,1-4H3,(H,34,35);7-12,18-19,34H,3-6,13-17,20H2,1-2H3,(H,30,31);7-12,17-18H,3-6,13-16,19,29H2,1-2H3,(H,30,31). The normalized spacial score (nSPS) is 15.8. The number of fused-ring (bicyclic) bond motifs is 3. The number of hydrogen-bond donors (Lipinski definition) is 5. The molecule has 6 aromatic rings. The van der Waals surface area contributed by atoms with Crippen LogP contribution in [0.5, 0.6) is 0 Å². The number of aliphatic imine (C=N–C) groups is 3. The summed E-state index contributed by atoms with van der Waals surface area (Å²) < 4.78 is 0. The Morgan fingerprint density at radius 2 is 0.811 bits per heavy atom. The zero-order valence-electron chi connectivity index (χ0n) is 66.7. The van der Waals surface area contributed by atoms with Crippen LogP contribution in [-0.4, -0.2) is 212 Å². The Labute approximate surface area is 657 Å². The van der Waals surface area contributed by atoms with Crippen LogP contribution in [0.25, 0.3) is 51.6 Å². The highest BCUT2D eigenvalue weighted by Crippen LogP contribution is 2.36.